The number of carboxylic acid groups (broad SMARTS) is 1. The van der Waals surface area contributed by atoms with E-state index < -0.39 is 5.97 Å². The molecule has 0 aliphatic carbocycles. The molecule has 0 aromatic carbocycles. The highest BCUT2D eigenvalue weighted by molar-refractivity contribution is 5.81. The van der Waals surface area contributed by atoms with Crippen molar-refractivity contribution in [2.45, 2.75) is 122 Å². The van der Waals surface area contributed by atoms with Gasteiger partial charge in [-0.15, -0.1) is 0 Å². The lowest BCUT2D eigenvalue weighted by molar-refractivity contribution is -0.778. The minimum atomic E-state index is -0.803. The minimum absolute atomic E-state index is 0.0381. The molecule has 0 saturated carbocycles. The fourth-order valence-corrected chi connectivity index (χ4v) is 4.69. The van der Waals surface area contributed by atoms with Gasteiger partial charge in [-0.25, -0.2) is 14.3 Å². The van der Waals surface area contributed by atoms with Crippen molar-refractivity contribution in [3.63, 3.8) is 0 Å². The van der Waals surface area contributed by atoms with E-state index in [9.17, 15) is 9.90 Å². The normalized spacial score (nSPS) is 17.8. The Morgan fingerprint density at radius 1 is 0.879 bits per heavy atom. The summed E-state index contributed by atoms with van der Waals surface area (Å²) in [4.78, 5) is 15.7. The van der Waals surface area contributed by atoms with Crippen LogP contribution in [0, 0.1) is 0 Å². The van der Waals surface area contributed by atoms with E-state index in [-0.39, 0.29) is 6.54 Å². The molecule has 0 aromatic heterocycles. The molecule has 0 amide bonds. The number of unbranched alkanes of at least 4 members (excludes halogenated alkanes) is 15. The van der Waals surface area contributed by atoms with Crippen LogP contribution in [0.1, 0.15) is 122 Å². The maximum absolute atomic E-state index is 11.3. The molecule has 1 rings (SSSR count). The van der Waals surface area contributed by atoms with Crippen molar-refractivity contribution in [1.82, 2.24) is 0 Å². The van der Waals surface area contributed by atoms with Crippen molar-refractivity contribution in [2.24, 2.45) is 10.7 Å². The number of amidine groups is 1. The van der Waals surface area contributed by atoms with Crippen LogP contribution in [0.25, 0.3) is 0 Å². The van der Waals surface area contributed by atoms with Crippen LogP contribution in [0.5, 0.6) is 0 Å². The summed E-state index contributed by atoms with van der Waals surface area (Å²) < 4.78 is 0.299. The van der Waals surface area contributed by atoms with E-state index in [0.717, 1.165) is 18.7 Å². The van der Waals surface area contributed by atoms with Gasteiger partial charge in [0.25, 0.3) is 0 Å². The Hall–Kier alpha value is -1.46. The zero-order valence-electron chi connectivity index (χ0n) is 21.5. The molecule has 0 bridgehead atoms. The van der Waals surface area contributed by atoms with E-state index in [1.165, 1.54) is 103 Å². The Labute approximate surface area is 203 Å². The summed E-state index contributed by atoms with van der Waals surface area (Å²) in [5.74, 6) is 0.150. The Morgan fingerprint density at radius 3 is 1.91 bits per heavy atom. The van der Waals surface area contributed by atoms with Crippen LogP contribution in [0.2, 0.25) is 0 Å². The summed E-state index contributed by atoms with van der Waals surface area (Å²) in [6, 6.07) is 0. The van der Waals surface area contributed by atoms with Crippen molar-refractivity contribution >= 4 is 11.8 Å². The summed E-state index contributed by atoms with van der Waals surface area (Å²) >= 11 is 0. The first-order valence-electron chi connectivity index (χ1n) is 13.8. The maximum atomic E-state index is 11.3. The van der Waals surface area contributed by atoms with Gasteiger partial charge in [0.15, 0.2) is 6.54 Å². The molecule has 0 fully saturated rings. The molecule has 1 aliphatic heterocycles. The first-order valence-corrected chi connectivity index (χ1v) is 13.8. The van der Waals surface area contributed by atoms with Crippen LogP contribution in [-0.2, 0) is 4.79 Å². The fourth-order valence-electron chi connectivity index (χ4n) is 4.69. The largest absolute Gasteiger partial charge is 0.477 e. The van der Waals surface area contributed by atoms with Gasteiger partial charge >= 0.3 is 5.97 Å². The van der Waals surface area contributed by atoms with Crippen molar-refractivity contribution in [1.29, 1.82) is 0 Å². The highest BCUT2D eigenvalue weighted by Gasteiger charge is 2.36. The predicted octanol–water partition coefficient (Wildman–Crippen LogP) is 7.33. The minimum Gasteiger partial charge on any atom is -0.477 e. The van der Waals surface area contributed by atoms with E-state index in [4.69, 9.17) is 5.73 Å². The van der Waals surface area contributed by atoms with E-state index >= 15 is 0 Å². The number of aliphatic carboxylic acids is 1. The molecule has 0 saturated heterocycles. The van der Waals surface area contributed by atoms with Gasteiger partial charge in [-0.05, 0) is 32.1 Å². The number of quaternary nitrogens is 1. The Kier molecular flexibility index (Phi) is 17.9. The number of hydrogen-bond donors (Lipinski definition) is 2. The Bertz CT molecular complexity index is 586. The lowest BCUT2D eigenvalue weighted by Crippen LogP contribution is -2.52. The van der Waals surface area contributed by atoms with Crippen LogP contribution in [0.4, 0.5) is 0 Å². The van der Waals surface area contributed by atoms with E-state index in [0.29, 0.717) is 17.6 Å². The molecule has 0 aromatic rings. The standard InChI is InChI=1S/C28H51N3O2/c1-2-3-4-5-6-7-8-9-10-11-12-13-14-15-16-17-18-19-20-21-27-30-23-25-31(27,24-22-29)26-28(32)33/h14-15,23,25H,2-13,16-22,24,26,29H2,1H3/p+1/b15-14+. The number of hydrogen-bond acceptors (Lipinski definition) is 3. The molecule has 190 valence electrons. The quantitative estimate of drug-likeness (QED) is 0.0948. The first-order chi connectivity index (χ1) is 16.1. The van der Waals surface area contributed by atoms with Crippen molar-refractivity contribution in [2.75, 3.05) is 19.6 Å². The highest BCUT2D eigenvalue weighted by atomic mass is 16.4. The molecule has 3 N–H and O–H groups in total. The average Bonchev–Trinajstić information content (AvgIpc) is 3.16. The van der Waals surface area contributed by atoms with Gasteiger partial charge in [0, 0.05) is 13.0 Å². The SMILES string of the molecule is CCCCCCCCCCCCC/C=C/CCCCCCC1=NC=C[N+]1(CCN)CC(=O)O. The van der Waals surface area contributed by atoms with Crippen LogP contribution in [0.15, 0.2) is 29.5 Å². The van der Waals surface area contributed by atoms with Gasteiger partial charge in [0.05, 0.1) is 6.20 Å². The summed E-state index contributed by atoms with van der Waals surface area (Å²) in [6.07, 6.45) is 31.8. The van der Waals surface area contributed by atoms with Crippen LogP contribution in [0.3, 0.4) is 0 Å². The maximum Gasteiger partial charge on any atom is 0.360 e. The summed E-state index contributed by atoms with van der Waals surface area (Å²) in [6.45, 7) is 3.38. The van der Waals surface area contributed by atoms with Crippen molar-refractivity contribution < 1.29 is 14.4 Å². The monoisotopic (exact) mass is 462 g/mol. The number of nitrogens with two attached hydrogens (primary N) is 1. The van der Waals surface area contributed by atoms with Gasteiger partial charge in [0.2, 0.25) is 5.84 Å². The number of rotatable bonds is 23. The van der Waals surface area contributed by atoms with E-state index in [1.807, 2.05) is 6.20 Å². The molecule has 33 heavy (non-hydrogen) atoms. The van der Waals surface area contributed by atoms with Crippen molar-refractivity contribution in [3.05, 3.63) is 24.6 Å². The molecule has 5 nitrogen and oxygen atoms in total. The second-order valence-corrected chi connectivity index (χ2v) is 9.69. The molecule has 1 aliphatic rings. The topological polar surface area (TPSA) is 75.7 Å². The molecule has 5 heteroatoms. The number of carbonyl (C=O) groups is 1. The smallest absolute Gasteiger partial charge is 0.360 e. The summed E-state index contributed by atoms with van der Waals surface area (Å²) in [5, 5.41) is 9.27. The highest BCUT2D eigenvalue weighted by Crippen LogP contribution is 2.21. The molecule has 1 unspecified atom stereocenters. The van der Waals surface area contributed by atoms with Crippen LogP contribution >= 0.6 is 0 Å². The molecule has 0 radical (unpaired) electrons. The number of nitrogens with zero attached hydrogens (tertiary/aromatic N) is 2. The molecule has 1 heterocycles. The van der Waals surface area contributed by atoms with Gasteiger partial charge in [-0.1, -0.05) is 96.1 Å². The van der Waals surface area contributed by atoms with Gasteiger partial charge < -0.3 is 10.8 Å². The lowest BCUT2D eigenvalue weighted by Gasteiger charge is -2.30. The van der Waals surface area contributed by atoms with Crippen LogP contribution in [-0.4, -0.2) is 41.0 Å². The third-order valence-electron chi connectivity index (χ3n) is 6.70. The van der Waals surface area contributed by atoms with E-state index in [1.54, 1.807) is 6.20 Å². The number of allylic oxidation sites excluding steroid dienone is 2. The number of carboxylic acids is 1. The molecule has 0 spiro atoms. The van der Waals surface area contributed by atoms with Crippen molar-refractivity contribution in [3.8, 4) is 0 Å². The third kappa shape index (κ3) is 14.4. The fraction of sp³-hybridized carbons (Fsp3) is 0.786. The van der Waals surface area contributed by atoms with Gasteiger partial charge in [-0.3, -0.25) is 0 Å². The zero-order valence-corrected chi connectivity index (χ0v) is 21.5. The molecular weight excluding hydrogens is 410 g/mol. The van der Waals surface area contributed by atoms with Gasteiger partial charge in [0.1, 0.15) is 12.7 Å². The predicted molar refractivity (Wildman–Crippen MR) is 141 cm³/mol. The molecular formula is C28H52N3O2+. The third-order valence-corrected chi connectivity index (χ3v) is 6.70. The second kappa shape index (κ2) is 20.0. The lowest BCUT2D eigenvalue weighted by atomic mass is 10.0. The summed E-state index contributed by atoms with van der Waals surface area (Å²) in [7, 11) is 0. The zero-order chi connectivity index (χ0) is 24.0. The number of aliphatic imine (C=N–C) groups is 1. The summed E-state index contributed by atoms with van der Waals surface area (Å²) in [5.41, 5.74) is 5.73. The Morgan fingerprint density at radius 2 is 1.39 bits per heavy atom. The van der Waals surface area contributed by atoms with Crippen LogP contribution < -0.4 is 5.73 Å². The van der Waals surface area contributed by atoms with E-state index in [2.05, 4.69) is 24.1 Å². The Balaban J connectivity index is 1.94. The average molecular weight is 463 g/mol. The first kappa shape index (κ1) is 29.6. The van der Waals surface area contributed by atoms with Gasteiger partial charge in [-0.2, -0.15) is 0 Å². The second-order valence-electron chi connectivity index (χ2n) is 9.69. The molecule has 1 atom stereocenters.